The molecule has 1 aliphatic carbocycles. The Labute approximate surface area is 123 Å². The van der Waals surface area contributed by atoms with Crippen LogP contribution in [0.15, 0.2) is 37.1 Å². The molecule has 1 amide bonds. The summed E-state index contributed by atoms with van der Waals surface area (Å²) < 4.78 is 1.79. The molecule has 0 aliphatic heterocycles. The molecule has 110 valence electrons. The minimum absolute atomic E-state index is 0.0407. The normalized spacial score (nSPS) is 20.9. The van der Waals surface area contributed by atoms with Crippen LogP contribution in [0.25, 0.3) is 5.82 Å². The second-order valence-electron chi connectivity index (χ2n) is 5.55. The molecule has 6 nitrogen and oxygen atoms in total. The van der Waals surface area contributed by atoms with Crippen LogP contribution in [0.5, 0.6) is 0 Å². The number of aliphatic hydroxyl groups excluding tert-OH is 1. The zero-order valence-corrected chi connectivity index (χ0v) is 11.9. The minimum Gasteiger partial charge on any atom is -0.393 e. The van der Waals surface area contributed by atoms with Crippen molar-refractivity contribution in [2.24, 2.45) is 5.92 Å². The molecule has 2 aromatic heterocycles. The number of aromatic nitrogens is 3. The van der Waals surface area contributed by atoms with Gasteiger partial charge in [0.15, 0.2) is 0 Å². The molecule has 0 radical (unpaired) electrons. The summed E-state index contributed by atoms with van der Waals surface area (Å²) in [7, 11) is 1.79. The van der Waals surface area contributed by atoms with Crippen molar-refractivity contribution >= 4 is 5.91 Å². The van der Waals surface area contributed by atoms with Crippen LogP contribution < -0.4 is 0 Å². The lowest BCUT2D eigenvalue weighted by Crippen LogP contribution is -2.39. The van der Waals surface area contributed by atoms with Crippen molar-refractivity contribution in [1.82, 2.24) is 19.4 Å². The van der Waals surface area contributed by atoms with Gasteiger partial charge < -0.3 is 10.0 Å². The first kappa shape index (κ1) is 13.8. The largest absolute Gasteiger partial charge is 0.393 e. The molecule has 1 aliphatic rings. The van der Waals surface area contributed by atoms with Gasteiger partial charge >= 0.3 is 0 Å². The molecule has 2 heterocycles. The summed E-state index contributed by atoms with van der Waals surface area (Å²) in [6.45, 7) is 0.680. The van der Waals surface area contributed by atoms with Crippen molar-refractivity contribution in [3.63, 3.8) is 0 Å². The number of rotatable bonds is 4. The van der Waals surface area contributed by atoms with Gasteiger partial charge in [-0.25, -0.2) is 9.97 Å². The number of amides is 1. The molecule has 1 saturated carbocycles. The summed E-state index contributed by atoms with van der Waals surface area (Å²) in [6.07, 6.45) is 8.13. The lowest BCUT2D eigenvalue weighted by atomic mass is 9.82. The van der Waals surface area contributed by atoms with Gasteiger partial charge in [-0.05, 0) is 30.9 Å². The Hall–Kier alpha value is -2.21. The Morgan fingerprint density at radius 1 is 1.48 bits per heavy atom. The maximum absolute atomic E-state index is 12.3. The Bertz CT molecular complexity index is 603. The highest BCUT2D eigenvalue weighted by Gasteiger charge is 2.29. The Morgan fingerprint density at radius 2 is 2.29 bits per heavy atom. The molecule has 0 saturated heterocycles. The smallest absolute Gasteiger partial charge is 0.255 e. The molecule has 2 aromatic rings. The van der Waals surface area contributed by atoms with Crippen LogP contribution in [0, 0.1) is 5.92 Å². The SMILES string of the molecule is CN(CC1CC(O)C1)C(=O)c1ccc(-n2ccnc2)nc1. The predicted molar refractivity (Wildman–Crippen MR) is 77.1 cm³/mol. The lowest BCUT2D eigenvalue weighted by molar-refractivity contribution is 0.0265. The van der Waals surface area contributed by atoms with Crippen LogP contribution in [-0.2, 0) is 0 Å². The highest BCUT2D eigenvalue weighted by Crippen LogP contribution is 2.27. The van der Waals surface area contributed by atoms with Crippen molar-refractivity contribution in [3.05, 3.63) is 42.6 Å². The number of imidazole rings is 1. The summed E-state index contributed by atoms with van der Waals surface area (Å²) in [5.74, 6) is 1.10. The van der Waals surface area contributed by atoms with Crippen molar-refractivity contribution in [2.45, 2.75) is 18.9 Å². The van der Waals surface area contributed by atoms with Gasteiger partial charge in [0, 0.05) is 32.2 Å². The van der Waals surface area contributed by atoms with E-state index in [1.54, 1.807) is 53.6 Å². The van der Waals surface area contributed by atoms with E-state index in [1.165, 1.54) is 0 Å². The first-order chi connectivity index (χ1) is 10.1. The zero-order chi connectivity index (χ0) is 14.8. The van der Waals surface area contributed by atoms with Crippen LogP contribution in [0.1, 0.15) is 23.2 Å². The van der Waals surface area contributed by atoms with E-state index in [0.717, 1.165) is 18.7 Å². The Kier molecular flexibility index (Phi) is 3.70. The maximum Gasteiger partial charge on any atom is 0.255 e. The van der Waals surface area contributed by atoms with Gasteiger partial charge in [0.1, 0.15) is 12.1 Å². The summed E-state index contributed by atoms with van der Waals surface area (Å²) in [5, 5.41) is 9.29. The maximum atomic E-state index is 12.3. The number of aliphatic hydroxyl groups is 1. The second-order valence-corrected chi connectivity index (χ2v) is 5.55. The lowest BCUT2D eigenvalue weighted by Gasteiger charge is -2.34. The molecule has 6 heteroatoms. The van der Waals surface area contributed by atoms with Crippen molar-refractivity contribution < 1.29 is 9.90 Å². The van der Waals surface area contributed by atoms with Crippen molar-refractivity contribution in [3.8, 4) is 5.82 Å². The molecule has 0 unspecified atom stereocenters. The number of hydrogen-bond acceptors (Lipinski definition) is 4. The van der Waals surface area contributed by atoms with Crippen molar-refractivity contribution in [1.29, 1.82) is 0 Å². The third-order valence-electron chi connectivity index (χ3n) is 3.85. The van der Waals surface area contributed by atoms with Crippen LogP contribution in [0.3, 0.4) is 0 Å². The van der Waals surface area contributed by atoms with E-state index in [4.69, 9.17) is 0 Å². The number of pyridine rings is 1. The number of carbonyl (C=O) groups excluding carboxylic acids is 1. The average Bonchev–Trinajstić information content (AvgIpc) is 2.99. The van der Waals surface area contributed by atoms with E-state index >= 15 is 0 Å². The molecule has 21 heavy (non-hydrogen) atoms. The van der Waals surface area contributed by atoms with E-state index < -0.39 is 0 Å². The fraction of sp³-hybridized carbons (Fsp3) is 0.400. The van der Waals surface area contributed by atoms with Gasteiger partial charge in [0.2, 0.25) is 0 Å². The standard InChI is InChI=1S/C15H18N4O2/c1-18(9-11-6-13(20)7-11)15(21)12-2-3-14(17-8-12)19-5-4-16-10-19/h2-5,8,10-11,13,20H,6-7,9H2,1H3. The second kappa shape index (κ2) is 5.65. The van der Waals surface area contributed by atoms with Crippen molar-refractivity contribution in [2.75, 3.05) is 13.6 Å². The molecule has 0 atom stereocenters. The first-order valence-electron chi connectivity index (χ1n) is 7.01. The molecule has 0 spiro atoms. The number of carbonyl (C=O) groups is 1. The van der Waals surface area contributed by atoms with Gasteiger partial charge in [-0.15, -0.1) is 0 Å². The summed E-state index contributed by atoms with van der Waals surface area (Å²) in [5.41, 5.74) is 0.571. The number of hydrogen-bond donors (Lipinski definition) is 1. The molecule has 1 fully saturated rings. The number of nitrogens with zero attached hydrogens (tertiary/aromatic N) is 4. The minimum atomic E-state index is -0.186. The van der Waals surface area contributed by atoms with Gasteiger partial charge in [0.05, 0.1) is 11.7 Å². The van der Waals surface area contributed by atoms with E-state index in [0.29, 0.717) is 18.0 Å². The molecule has 1 N–H and O–H groups in total. The predicted octanol–water partition coefficient (Wildman–Crippen LogP) is 1.11. The average molecular weight is 286 g/mol. The van der Waals surface area contributed by atoms with Gasteiger partial charge in [-0.1, -0.05) is 0 Å². The van der Waals surface area contributed by atoms with Crippen LogP contribution in [0.4, 0.5) is 0 Å². The fourth-order valence-corrected chi connectivity index (χ4v) is 2.60. The van der Waals surface area contributed by atoms with Gasteiger partial charge in [-0.3, -0.25) is 9.36 Å². The molecule has 0 aromatic carbocycles. The van der Waals surface area contributed by atoms with Crippen LogP contribution in [0.2, 0.25) is 0 Å². The molecular weight excluding hydrogens is 268 g/mol. The van der Waals surface area contributed by atoms with Crippen LogP contribution in [-0.4, -0.2) is 50.1 Å². The van der Waals surface area contributed by atoms with E-state index in [-0.39, 0.29) is 12.0 Å². The third-order valence-corrected chi connectivity index (χ3v) is 3.85. The van der Waals surface area contributed by atoms with E-state index in [1.807, 2.05) is 0 Å². The van der Waals surface area contributed by atoms with E-state index in [2.05, 4.69) is 9.97 Å². The van der Waals surface area contributed by atoms with Gasteiger partial charge in [0.25, 0.3) is 5.91 Å². The molecular formula is C15H18N4O2. The molecule has 3 rings (SSSR count). The summed E-state index contributed by atoms with van der Waals surface area (Å²) in [6, 6.07) is 3.58. The third kappa shape index (κ3) is 2.95. The zero-order valence-electron chi connectivity index (χ0n) is 11.9. The van der Waals surface area contributed by atoms with E-state index in [9.17, 15) is 9.90 Å². The quantitative estimate of drug-likeness (QED) is 0.914. The Morgan fingerprint density at radius 3 is 2.86 bits per heavy atom. The fourth-order valence-electron chi connectivity index (χ4n) is 2.60. The first-order valence-corrected chi connectivity index (χ1v) is 7.01. The highest BCUT2D eigenvalue weighted by molar-refractivity contribution is 5.93. The van der Waals surface area contributed by atoms with Crippen LogP contribution >= 0.6 is 0 Å². The topological polar surface area (TPSA) is 71.2 Å². The Balaban J connectivity index is 1.64. The van der Waals surface area contributed by atoms with Gasteiger partial charge in [-0.2, -0.15) is 0 Å². The summed E-state index contributed by atoms with van der Waals surface area (Å²) in [4.78, 5) is 22.3. The summed E-state index contributed by atoms with van der Waals surface area (Å²) >= 11 is 0. The molecule has 0 bridgehead atoms. The monoisotopic (exact) mass is 286 g/mol. The highest BCUT2D eigenvalue weighted by atomic mass is 16.3.